The van der Waals surface area contributed by atoms with Crippen molar-refractivity contribution in [2.75, 3.05) is 0 Å². The third-order valence-electron chi connectivity index (χ3n) is 1.23. The van der Waals surface area contributed by atoms with E-state index in [-0.39, 0.29) is 0 Å². The van der Waals surface area contributed by atoms with Crippen LogP contribution < -0.4 is 0 Å². The van der Waals surface area contributed by atoms with Crippen LogP contribution in [0.15, 0.2) is 34.0 Å². The van der Waals surface area contributed by atoms with Crippen LogP contribution >= 0.6 is 34.9 Å². The molecule has 0 N–H and O–H groups in total. The van der Waals surface area contributed by atoms with Gasteiger partial charge in [0.15, 0.2) is 4.34 Å². The molecule has 0 aliphatic carbocycles. The largest absolute Gasteiger partial charge is 0.248 e. The number of halogens is 1. The molecular weight excluding hydrogens is 226 g/mol. The minimum absolute atomic E-state index is 0.640. The van der Waals surface area contributed by atoms with E-state index in [1.807, 2.05) is 6.07 Å². The first-order chi connectivity index (χ1) is 6.34. The Bertz CT molecular complexity index is 373. The molecule has 0 amide bonds. The average molecular weight is 230 g/mol. The van der Waals surface area contributed by atoms with Gasteiger partial charge in [0.1, 0.15) is 11.4 Å². The molecule has 0 atom stereocenters. The molecule has 6 heteroatoms. The molecule has 0 spiro atoms. The Kier molecular flexibility index (Phi) is 2.77. The fourth-order valence-electron chi connectivity index (χ4n) is 0.720. The van der Waals surface area contributed by atoms with E-state index in [9.17, 15) is 0 Å². The van der Waals surface area contributed by atoms with Crippen LogP contribution in [-0.4, -0.2) is 14.3 Å². The topological polar surface area (TPSA) is 38.7 Å². The number of nitrogens with zero attached hydrogens (tertiary/aromatic N) is 3. The molecule has 2 heterocycles. The maximum Gasteiger partial charge on any atom is 0.175 e. The number of aromatic nitrogens is 3. The van der Waals surface area contributed by atoms with Crippen LogP contribution in [0.3, 0.4) is 0 Å². The van der Waals surface area contributed by atoms with Gasteiger partial charge in [-0.25, -0.2) is 9.97 Å². The van der Waals surface area contributed by atoms with Crippen molar-refractivity contribution in [2.45, 2.75) is 9.37 Å². The molecule has 3 nitrogen and oxygen atoms in total. The number of rotatable bonds is 2. The fourth-order valence-corrected chi connectivity index (χ4v) is 2.17. The van der Waals surface area contributed by atoms with E-state index in [4.69, 9.17) is 11.6 Å². The molecular formula is C7H4ClN3S2. The summed E-state index contributed by atoms with van der Waals surface area (Å²) in [6, 6.07) is 3.66. The standard InChI is InChI=1S/C7H4ClN3S2/c8-5-1-2-6(9-3-5)12-7-10-4-11-13-7/h1-4H. The molecule has 0 bridgehead atoms. The van der Waals surface area contributed by atoms with Crippen LogP contribution in [0.1, 0.15) is 0 Å². The molecule has 0 aromatic carbocycles. The Balaban J connectivity index is 2.15. The van der Waals surface area contributed by atoms with Crippen molar-refractivity contribution in [2.24, 2.45) is 0 Å². The smallest absolute Gasteiger partial charge is 0.175 e. The molecule has 2 aromatic rings. The predicted octanol–water partition coefficient (Wildman–Crippen LogP) is 2.74. The van der Waals surface area contributed by atoms with Crippen molar-refractivity contribution in [1.82, 2.24) is 14.3 Å². The summed E-state index contributed by atoms with van der Waals surface area (Å²) in [5, 5.41) is 1.52. The van der Waals surface area contributed by atoms with Crippen molar-refractivity contribution < 1.29 is 0 Å². The molecule has 0 saturated carbocycles. The molecule has 0 fully saturated rings. The minimum Gasteiger partial charge on any atom is -0.248 e. The van der Waals surface area contributed by atoms with Gasteiger partial charge in [0.05, 0.1) is 5.02 Å². The molecule has 0 radical (unpaired) electrons. The predicted molar refractivity (Wildman–Crippen MR) is 53.3 cm³/mol. The van der Waals surface area contributed by atoms with Gasteiger partial charge in [-0.2, -0.15) is 4.37 Å². The molecule has 2 rings (SSSR count). The first-order valence-electron chi connectivity index (χ1n) is 3.41. The highest BCUT2D eigenvalue weighted by atomic mass is 35.5. The second-order valence-electron chi connectivity index (χ2n) is 2.12. The van der Waals surface area contributed by atoms with E-state index in [2.05, 4.69) is 14.3 Å². The Morgan fingerprint density at radius 1 is 1.31 bits per heavy atom. The van der Waals surface area contributed by atoms with Gasteiger partial charge in [-0.15, -0.1) is 0 Å². The highest BCUT2D eigenvalue weighted by Crippen LogP contribution is 2.26. The SMILES string of the molecule is Clc1ccc(Sc2ncns2)nc1. The van der Waals surface area contributed by atoms with E-state index in [1.165, 1.54) is 29.6 Å². The molecule has 66 valence electrons. The second-order valence-corrected chi connectivity index (χ2v) is 4.61. The Hall–Kier alpha value is -0.650. The maximum atomic E-state index is 5.70. The van der Waals surface area contributed by atoms with Crippen molar-refractivity contribution >= 4 is 34.9 Å². The van der Waals surface area contributed by atoms with Gasteiger partial charge in [-0.05, 0) is 35.4 Å². The lowest BCUT2D eigenvalue weighted by Crippen LogP contribution is -1.77. The highest BCUT2D eigenvalue weighted by Gasteiger charge is 2.00. The van der Waals surface area contributed by atoms with E-state index in [0.717, 1.165) is 9.37 Å². The first kappa shape index (κ1) is 8.93. The van der Waals surface area contributed by atoms with Gasteiger partial charge >= 0.3 is 0 Å². The summed E-state index contributed by atoms with van der Waals surface area (Å²) in [7, 11) is 0. The monoisotopic (exact) mass is 229 g/mol. The quantitative estimate of drug-likeness (QED) is 0.794. The van der Waals surface area contributed by atoms with Gasteiger partial charge in [0.2, 0.25) is 0 Å². The van der Waals surface area contributed by atoms with Gasteiger partial charge in [-0.1, -0.05) is 11.6 Å². The minimum atomic E-state index is 0.640. The summed E-state index contributed by atoms with van der Waals surface area (Å²) in [4.78, 5) is 8.15. The maximum absolute atomic E-state index is 5.70. The fraction of sp³-hybridized carbons (Fsp3) is 0. The van der Waals surface area contributed by atoms with Crippen molar-refractivity contribution in [3.8, 4) is 0 Å². The summed E-state index contributed by atoms with van der Waals surface area (Å²) >= 11 is 8.53. The van der Waals surface area contributed by atoms with E-state index in [1.54, 1.807) is 12.3 Å². The number of hydrogen-bond acceptors (Lipinski definition) is 5. The molecule has 2 aromatic heterocycles. The zero-order valence-corrected chi connectivity index (χ0v) is 8.73. The van der Waals surface area contributed by atoms with E-state index >= 15 is 0 Å². The third-order valence-corrected chi connectivity index (χ3v) is 3.12. The van der Waals surface area contributed by atoms with Crippen molar-refractivity contribution in [3.63, 3.8) is 0 Å². The summed E-state index contributed by atoms with van der Waals surface area (Å²) in [6.07, 6.45) is 3.15. The zero-order valence-electron chi connectivity index (χ0n) is 6.35. The van der Waals surface area contributed by atoms with Crippen LogP contribution in [0.5, 0.6) is 0 Å². The summed E-state index contributed by atoms with van der Waals surface area (Å²) < 4.78 is 4.78. The summed E-state index contributed by atoms with van der Waals surface area (Å²) in [6.45, 7) is 0. The Morgan fingerprint density at radius 3 is 2.85 bits per heavy atom. The van der Waals surface area contributed by atoms with Crippen LogP contribution in [0, 0.1) is 0 Å². The van der Waals surface area contributed by atoms with Crippen LogP contribution in [0.2, 0.25) is 5.02 Å². The second kappa shape index (κ2) is 4.04. The van der Waals surface area contributed by atoms with Gasteiger partial charge in [-0.3, -0.25) is 0 Å². The summed E-state index contributed by atoms with van der Waals surface area (Å²) in [5.41, 5.74) is 0. The lowest BCUT2D eigenvalue weighted by molar-refractivity contribution is 1.12. The highest BCUT2D eigenvalue weighted by molar-refractivity contribution is 8.00. The van der Waals surface area contributed by atoms with Crippen LogP contribution in [0.25, 0.3) is 0 Å². The molecule has 0 aliphatic heterocycles. The van der Waals surface area contributed by atoms with Gasteiger partial charge in [0.25, 0.3) is 0 Å². The molecule has 0 saturated heterocycles. The number of hydrogen-bond donors (Lipinski definition) is 0. The Labute approximate surface area is 88.4 Å². The normalized spacial score (nSPS) is 10.2. The summed E-state index contributed by atoms with van der Waals surface area (Å²) in [5.74, 6) is 0. The third kappa shape index (κ3) is 2.40. The molecule has 13 heavy (non-hydrogen) atoms. The van der Waals surface area contributed by atoms with Crippen LogP contribution in [0.4, 0.5) is 0 Å². The first-order valence-corrected chi connectivity index (χ1v) is 5.37. The van der Waals surface area contributed by atoms with Crippen LogP contribution in [-0.2, 0) is 0 Å². The lowest BCUT2D eigenvalue weighted by Gasteiger charge is -1.94. The van der Waals surface area contributed by atoms with Crippen molar-refractivity contribution in [3.05, 3.63) is 29.7 Å². The number of pyridine rings is 1. The molecule has 0 aliphatic rings. The zero-order chi connectivity index (χ0) is 9.10. The van der Waals surface area contributed by atoms with E-state index < -0.39 is 0 Å². The van der Waals surface area contributed by atoms with Gasteiger partial charge in [0, 0.05) is 6.20 Å². The van der Waals surface area contributed by atoms with Gasteiger partial charge < -0.3 is 0 Å². The Morgan fingerprint density at radius 2 is 2.23 bits per heavy atom. The average Bonchev–Trinajstić information content (AvgIpc) is 2.62. The molecule has 0 unspecified atom stereocenters. The lowest BCUT2D eigenvalue weighted by atomic mass is 10.5. The van der Waals surface area contributed by atoms with E-state index in [0.29, 0.717) is 5.02 Å². The van der Waals surface area contributed by atoms with Crippen molar-refractivity contribution in [1.29, 1.82) is 0 Å².